The second-order valence-electron chi connectivity index (χ2n) is 5.03. The Morgan fingerprint density at radius 1 is 1.10 bits per heavy atom. The normalized spacial score (nSPS) is 11.1. The topological polar surface area (TPSA) is 43.3 Å². The van der Waals surface area contributed by atoms with Crippen LogP contribution >= 0.6 is 11.8 Å². The highest BCUT2D eigenvalue weighted by Gasteiger charge is 2.05. The molecule has 3 nitrogen and oxygen atoms in total. The smallest absolute Gasteiger partial charge is 0.137 e. The van der Waals surface area contributed by atoms with E-state index in [9.17, 15) is 0 Å². The first-order valence-electron chi connectivity index (χ1n) is 6.55. The molecule has 0 amide bonds. The van der Waals surface area contributed by atoms with E-state index in [1.165, 1.54) is 11.1 Å². The van der Waals surface area contributed by atoms with Gasteiger partial charge in [-0.1, -0.05) is 12.1 Å². The predicted molar refractivity (Wildman–Crippen MR) is 85.1 cm³/mol. The van der Waals surface area contributed by atoms with Crippen molar-refractivity contribution in [1.82, 2.24) is 9.38 Å². The van der Waals surface area contributed by atoms with E-state index in [1.807, 2.05) is 18.2 Å². The summed E-state index contributed by atoms with van der Waals surface area (Å²) in [5.41, 5.74) is 11.4. The van der Waals surface area contributed by atoms with Gasteiger partial charge >= 0.3 is 0 Å². The summed E-state index contributed by atoms with van der Waals surface area (Å²) in [7, 11) is 0. The zero-order valence-corrected chi connectivity index (χ0v) is 12.4. The number of anilines is 1. The lowest BCUT2D eigenvalue weighted by Gasteiger charge is -2.05. The van der Waals surface area contributed by atoms with Crippen LogP contribution in [0.2, 0.25) is 0 Å². The molecular weight excluding hydrogens is 266 g/mol. The number of pyridine rings is 1. The van der Waals surface area contributed by atoms with Gasteiger partial charge in [-0.2, -0.15) is 0 Å². The molecule has 4 heteroatoms. The predicted octanol–water partition coefficient (Wildman–Crippen LogP) is 3.83. The van der Waals surface area contributed by atoms with Gasteiger partial charge in [-0.25, -0.2) is 4.98 Å². The number of nitrogen functional groups attached to an aromatic ring is 1. The van der Waals surface area contributed by atoms with Crippen LogP contribution < -0.4 is 5.73 Å². The van der Waals surface area contributed by atoms with Crippen LogP contribution in [0.4, 0.5) is 5.69 Å². The van der Waals surface area contributed by atoms with Crippen molar-refractivity contribution < 1.29 is 0 Å². The van der Waals surface area contributed by atoms with Crippen LogP contribution in [0, 0.1) is 13.8 Å². The zero-order valence-electron chi connectivity index (χ0n) is 11.6. The number of nitrogens with zero attached hydrogens (tertiary/aromatic N) is 2. The minimum Gasteiger partial charge on any atom is -0.398 e. The molecule has 3 rings (SSSR count). The number of aromatic nitrogens is 2. The third-order valence-corrected chi connectivity index (χ3v) is 4.30. The number of rotatable bonds is 3. The zero-order chi connectivity index (χ0) is 14.1. The van der Waals surface area contributed by atoms with Gasteiger partial charge in [-0.3, -0.25) is 0 Å². The van der Waals surface area contributed by atoms with E-state index < -0.39 is 0 Å². The van der Waals surface area contributed by atoms with Crippen molar-refractivity contribution in [2.24, 2.45) is 0 Å². The average molecular weight is 283 g/mol. The fourth-order valence-corrected chi connectivity index (χ4v) is 3.09. The molecule has 0 saturated heterocycles. The molecule has 0 radical (unpaired) electrons. The van der Waals surface area contributed by atoms with E-state index in [4.69, 9.17) is 5.73 Å². The van der Waals surface area contributed by atoms with E-state index in [-0.39, 0.29) is 0 Å². The molecule has 0 fully saturated rings. The lowest BCUT2D eigenvalue weighted by atomic mass is 10.2. The van der Waals surface area contributed by atoms with Crippen molar-refractivity contribution in [3.63, 3.8) is 0 Å². The highest BCUT2D eigenvalue weighted by molar-refractivity contribution is 7.98. The second kappa shape index (κ2) is 5.21. The van der Waals surface area contributed by atoms with E-state index in [1.54, 1.807) is 11.8 Å². The molecule has 0 saturated carbocycles. The van der Waals surface area contributed by atoms with Gasteiger partial charge in [0.05, 0.1) is 5.69 Å². The Bertz CT molecular complexity index is 762. The van der Waals surface area contributed by atoms with Gasteiger partial charge in [0.25, 0.3) is 0 Å². The van der Waals surface area contributed by atoms with Gasteiger partial charge in [0, 0.05) is 28.7 Å². The molecule has 0 unspecified atom stereocenters. The Labute approximate surface area is 122 Å². The number of imidazole rings is 1. The summed E-state index contributed by atoms with van der Waals surface area (Å²) in [6, 6.07) is 10.3. The molecule has 0 spiro atoms. The molecule has 0 atom stereocenters. The number of benzene rings is 1. The van der Waals surface area contributed by atoms with Crippen LogP contribution in [0.25, 0.3) is 5.65 Å². The van der Waals surface area contributed by atoms with Crippen LogP contribution in [0.1, 0.15) is 16.8 Å². The van der Waals surface area contributed by atoms with Gasteiger partial charge in [0.15, 0.2) is 0 Å². The summed E-state index contributed by atoms with van der Waals surface area (Å²) in [5, 5.41) is 0. The number of nitrogens with two attached hydrogens (primary N) is 1. The number of thioether (sulfide) groups is 1. The SMILES string of the molecule is Cc1ccc(N)c(SCc2cn3cc(C)ccc3n2)c1. The maximum atomic E-state index is 6.00. The monoisotopic (exact) mass is 283 g/mol. The van der Waals surface area contributed by atoms with Gasteiger partial charge in [0.1, 0.15) is 5.65 Å². The largest absolute Gasteiger partial charge is 0.398 e. The van der Waals surface area contributed by atoms with E-state index >= 15 is 0 Å². The molecule has 0 aliphatic rings. The molecule has 0 aliphatic carbocycles. The third kappa shape index (κ3) is 2.65. The Morgan fingerprint density at radius 2 is 1.90 bits per heavy atom. The van der Waals surface area contributed by atoms with Crippen molar-refractivity contribution in [1.29, 1.82) is 0 Å². The molecule has 0 bridgehead atoms. The summed E-state index contributed by atoms with van der Waals surface area (Å²) < 4.78 is 2.07. The van der Waals surface area contributed by atoms with Crippen LogP contribution in [0.15, 0.2) is 47.6 Å². The van der Waals surface area contributed by atoms with E-state index in [0.717, 1.165) is 27.7 Å². The standard InChI is InChI=1S/C16H17N3S/c1-11-3-5-14(17)15(7-11)20-10-13-9-19-8-12(2)4-6-16(19)18-13/h3-9H,10,17H2,1-2H3. The summed E-state index contributed by atoms with van der Waals surface area (Å²) in [6.45, 7) is 4.17. The molecule has 2 N–H and O–H groups in total. The molecule has 2 heterocycles. The van der Waals surface area contributed by atoms with Crippen molar-refractivity contribution in [2.75, 3.05) is 5.73 Å². The van der Waals surface area contributed by atoms with Crippen molar-refractivity contribution >= 4 is 23.1 Å². The molecule has 102 valence electrons. The Balaban J connectivity index is 1.81. The lowest BCUT2D eigenvalue weighted by Crippen LogP contribution is -1.90. The van der Waals surface area contributed by atoms with Crippen LogP contribution in [-0.2, 0) is 5.75 Å². The summed E-state index contributed by atoms with van der Waals surface area (Å²) in [4.78, 5) is 5.75. The first kappa shape index (κ1) is 13.1. The molecule has 20 heavy (non-hydrogen) atoms. The maximum Gasteiger partial charge on any atom is 0.137 e. The van der Waals surface area contributed by atoms with Crippen molar-refractivity contribution in [3.8, 4) is 0 Å². The number of aryl methyl sites for hydroxylation is 2. The van der Waals surface area contributed by atoms with Gasteiger partial charge in [-0.15, -0.1) is 11.8 Å². The molecule has 0 aliphatic heterocycles. The minimum atomic E-state index is 0.828. The average Bonchev–Trinajstić information content (AvgIpc) is 2.81. The highest BCUT2D eigenvalue weighted by Crippen LogP contribution is 2.28. The summed E-state index contributed by atoms with van der Waals surface area (Å²) in [6.07, 6.45) is 4.18. The maximum absolute atomic E-state index is 6.00. The van der Waals surface area contributed by atoms with E-state index in [0.29, 0.717) is 0 Å². The molecule has 2 aromatic heterocycles. The van der Waals surface area contributed by atoms with Crippen LogP contribution in [0.3, 0.4) is 0 Å². The first-order chi connectivity index (χ1) is 9.61. The van der Waals surface area contributed by atoms with Crippen molar-refractivity contribution in [2.45, 2.75) is 24.5 Å². The van der Waals surface area contributed by atoms with Gasteiger partial charge in [0.2, 0.25) is 0 Å². The lowest BCUT2D eigenvalue weighted by molar-refractivity contribution is 1.15. The summed E-state index contributed by atoms with van der Waals surface area (Å²) in [5.74, 6) is 0.828. The van der Waals surface area contributed by atoms with Crippen LogP contribution in [0.5, 0.6) is 0 Å². The second-order valence-corrected chi connectivity index (χ2v) is 6.05. The molecule has 1 aromatic carbocycles. The van der Waals surface area contributed by atoms with Gasteiger partial charge < -0.3 is 10.1 Å². The Kier molecular flexibility index (Phi) is 3.40. The minimum absolute atomic E-state index is 0.828. The fraction of sp³-hybridized carbons (Fsp3) is 0.188. The van der Waals surface area contributed by atoms with E-state index in [2.05, 4.69) is 47.8 Å². The van der Waals surface area contributed by atoms with Gasteiger partial charge in [-0.05, 0) is 43.2 Å². The summed E-state index contributed by atoms with van der Waals surface area (Å²) >= 11 is 1.73. The van der Waals surface area contributed by atoms with Crippen molar-refractivity contribution in [3.05, 3.63) is 59.5 Å². The number of hydrogen-bond acceptors (Lipinski definition) is 3. The fourth-order valence-electron chi connectivity index (χ4n) is 2.14. The Hall–Kier alpha value is -1.94. The Morgan fingerprint density at radius 3 is 2.75 bits per heavy atom. The number of fused-ring (bicyclic) bond motifs is 1. The quantitative estimate of drug-likeness (QED) is 0.587. The number of hydrogen-bond donors (Lipinski definition) is 1. The molecular formula is C16H17N3S. The first-order valence-corrected chi connectivity index (χ1v) is 7.53. The van der Waals surface area contributed by atoms with Crippen LogP contribution in [-0.4, -0.2) is 9.38 Å². The third-order valence-electron chi connectivity index (χ3n) is 3.19. The highest BCUT2D eigenvalue weighted by atomic mass is 32.2. The molecule has 3 aromatic rings.